The molecule has 1 aliphatic rings. The van der Waals surface area contributed by atoms with E-state index in [-0.39, 0.29) is 29.1 Å². The lowest BCUT2D eigenvalue weighted by Gasteiger charge is -2.17. The van der Waals surface area contributed by atoms with Crippen LogP contribution in [0.2, 0.25) is 0 Å². The van der Waals surface area contributed by atoms with Gasteiger partial charge in [0, 0.05) is 13.1 Å². The molecule has 1 aromatic heterocycles. The van der Waals surface area contributed by atoms with Gasteiger partial charge in [0.05, 0.1) is 10.8 Å². The highest BCUT2D eigenvalue weighted by molar-refractivity contribution is 5.78. The zero-order chi connectivity index (χ0) is 14.2. The van der Waals surface area contributed by atoms with E-state index in [1.165, 1.54) is 6.92 Å². The van der Waals surface area contributed by atoms with Crippen molar-refractivity contribution in [3.8, 4) is 0 Å². The highest BCUT2D eigenvalue weighted by Crippen LogP contribution is 2.32. The van der Waals surface area contributed by atoms with Gasteiger partial charge in [-0.2, -0.15) is 4.98 Å². The zero-order valence-corrected chi connectivity index (χ0v) is 10.4. The minimum Gasteiger partial charge on any atom is -0.369 e. The van der Waals surface area contributed by atoms with Gasteiger partial charge >= 0.3 is 5.69 Å². The molecule has 2 heterocycles. The molecule has 1 aromatic rings. The molecule has 1 unspecified atom stereocenters. The molecule has 9 heteroatoms. The summed E-state index contributed by atoms with van der Waals surface area (Å²) >= 11 is 0. The lowest BCUT2D eigenvalue weighted by Crippen LogP contribution is -2.28. The van der Waals surface area contributed by atoms with Crippen LogP contribution in [-0.4, -0.2) is 33.9 Å². The summed E-state index contributed by atoms with van der Waals surface area (Å²) < 4.78 is 0. The number of nitrogens with two attached hydrogens (primary N) is 2. The first kappa shape index (κ1) is 13.0. The molecule has 0 aromatic carbocycles. The number of nitrogen functional groups attached to an aromatic ring is 1. The van der Waals surface area contributed by atoms with Crippen LogP contribution >= 0.6 is 0 Å². The number of nitro groups is 1. The molecule has 0 aliphatic carbocycles. The number of hydrogen-bond acceptors (Lipinski definition) is 7. The Bertz CT molecular complexity index is 546. The van der Waals surface area contributed by atoms with E-state index in [1.54, 1.807) is 4.90 Å². The summed E-state index contributed by atoms with van der Waals surface area (Å²) in [6, 6.07) is 0. The molecule has 0 radical (unpaired) electrons. The molecule has 1 fully saturated rings. The van der Waals surface area contributed by atoms with Gasteiger partial charge in [-0.1, -0.05) is 0 Å². The SMILES string of the molecule is Cc1nc(N)nc(N2CCC(C(N)=O)C2)c1[N+](=O)[O-]. The first-order valence-corrected chi connectivity index (χ1v) is 5.73. The first-order valence-electron chi connectivity index (χ1n) is 5.73. The van der Waals surface area contributed by atoms with Crippen molar-refractivity contribution in [3.63, 3.8) is 0 Å². The van der Waals surface area contributed by atoms with Crippen LogP contribution in [0, 0.1) is 23.0 Å². The average molecular weight is 266 g/mol. The second-order valence-corrected chi connectivity index (χ2v) is 4.43. The Hall–Kier alpha value is -2.45. The van der Waals surface area contributed by atoms with Crippen LogP contribution in [0.4, 0.5) is 17.5 Å². The van der Waals surface area contributed by atoms with Crippen molar-refractivity contribution in [1.82, 2.24) is 9.97 Å². The number of hydrogen-bond donors (Lipinski definition) is 2. The summed E-state index contributed by atoms with van der Waals surface area (Å²) in [5.41, 5.74) is 10.8. The normalized spacial score (nSPS) is 18.6. The number of aromatic nitrogens is 2. The number of nitrogens with zero attached hydrogens (tertiary/aromatic N) is 4. The van der Waals surface area contributed by atoms with E-state index in [9.17, 15) is 14.9 Å². The van der Waals surface area contributed by atoms with Gasteiger partial charge in [0.1, 0.15) is 5.69 Å². The lowest BCUT2D eigenvalue weighted by atomic mass is 10.1. The van der Waals surface area contributed by atoms with Crippen molar-refractivity contribution in [1.29, 1.82) is 0 Å². The summed E-state index contributed by atoms with van der Waals surface area (Å²) in [6.45, 7) is 2.29. The van der Waals surface area contributed by atoms with E-state index in [2.05, 4.69) is 9.97 Å². The molecule has 0 spiro atoms. The number of primary amides is 1. The quantitative estimate of drug-likeness (QED) is 0.559. The number of amides is 1. The molecule has 19 heavy (non-hydrogen) atoms. The largest absolute Gasteiger partial charge is 0.369 e. The third kappa shape index (κ3) is 2.39. The molecule has 1 saturated heterocycles. The Morgan fingerprint density at radius 3 is 2.74 bits per heavy atom. The van der Waals surface area contributed by atoms with E-state index >= 15 is 0 Å². The van der Waals surface area contributed by atoms with Crippen molar-refractivity contribution in [3.05, 3.63) is 15.8 Å². The summed E-state index contributed by atoms with van der Waals surface area (Å²) in [7, 11) is 0. The van der Waals surface area contributed by atoms with Gasteiger partial charge < -0.3 is 16.4 Å². The fraction of sp³-hybridized carbons (Fsp3) is 0.500. The molecular weight excluding hydrogens is 252 g/mol. The fourth-order valence-corrected chi connectivity index (χ4v) is 2.19. The highest BCUT2D eigenvalue weighted by atomic mass is 16.6. The van der Waals surface area contributed by atoms with E-state index in [1.807, 2.05) is 0 Å². The Morgan fingerprint density at radius 1 is 1.53 bits per heavy atom. The van der Waals surface area contributed by atoms with Crippen LogP contribution in [0.15, 0.2) is 0 Å². The molecule has 1 amide bonds. The maximum absolute atomic E-state index is 11.1. The number of aryl methyl sites for hydroxylation is 1. The number of rotatable bonds is 3. The summed E-state index contributed by atoms with van der Waals surface area (Å²) in [5.74, 6) is -0.612. The van der Waals surface area contributed by atoms with Crippen LogP contribution in [0.3, 0.4) is 0 Å². The minimum atomic E-state index is -0.540. The molecule has 9 nitrogen and oxygen atoms in total. The lowest BCUT2D eigenvalue weighted by molar-refractivity contribution is -0.385. The molecule has 102 valence electrons. The first-order chi connectivity index (χ1) is 8.90. The topological polar surface area (TPSA) is 141 Å². The second kappa shape index (κ2) is 4.67. The molecule has 0 bridgehead atoms. The third-order valence-corrected chi connectivity index (χ3v) is 3.13. The molecular formula is C10H14N6O3. The van der Waals surface area contributed by atoms with Gasteiger partial charge in [-0.15, -0.1) is 0 Å². The maximum Gasteiger partial charge on any atom is 0.332 e. The summed E-state index contributed by atoms with van der Waals surface area (Å²) in [5, 5.41) is 11.1. The van der Waals surface area contributed by atoms with E-state index in [0.717, 1.165) is 0 Å². The van der Waals surface area contributed by atoms with Gasteiger partial charge in [0.25, 0.3) is 0 Å². The molecule has 0 saturated carbocycles. The molecule has 4 N–H and O–H groups in total. The summed E-state index contributed by atoms with van der Waals surface area (Å²) in [6.07, 6.45) is 0.551. The Morgan fingerprint density at radius 2 is 2.21 bits per heavy atom. The van der Waals surface area contributed by atoms with Crippen molar-refractivity contribution in [2.45, 2.75) is 13.3 Å². The van der Waals surface area contributed by atoms with Crippen LogP contribution in [0.25, 0.3) is 0 Å². The number of carbonyl (C=O) groups excluding carboxylic acids is 1. The molecule has 1 atom stereocenters. The monoisotopic (exact) mass is 266 g/mol. The van der Waals surface area contributed by atoms with E-state index in [4.69, 9.17) is 11.5 Å². The van der Waals surface area contributed by atoms with Crippen molar-refractivity contribution in [2.75, 3.05) is 23.7 Å². The van der Waals surface area contributed by atoms with Crippen molar-refractivity contribution in [2.24, 2.45) is 11.7 Å². The minimum absolute atomic E-state index is 0.0272. The van der Waals surface area contributed by atoms with Crippen LogP contribution < -0.4 is 16.4 Å². The van der Waals surface area contributed by atoms with Gasteiger partial charge in [0.15, 0.2) is 0 Å². The van der Waals surface area contributed by atoms with Crippen molar-refractivity contribution >= 4 is 23.4 Å². The molecule has 2 rings (SSSR count). The standard InChI is InChI=1S/C10H14N6O3/c1-5-7(16(18)19)9(14-10(12)13-5)15-3-2-6(4-15)8(11)17/h6H,2-4H2,1H3,(H2,11,17)(H2,12,13,14). The average Bonchev–Trinajstić information content (AvgIpc) is 2.76. The third-order valence-electron chi connectivity index (χ3n) is 3.13. The second-order valence-electron chi connectivity index (χ2n) is 4.43. The van der Waals surface area contributed by atoms with Gasteiger partial charge in [-0.3, -0.25) is 14.9 Å². The predicted molar refractivity (Wildman–Crippen MR) is 67.4 cm³/mol. The fourth-order valence-electron chi connectivity index (χ4n) is 2.19. The predicted octanol–water partition coefficient (Wildman–Crippen LogP) is -0.413. The summed E-state index contributed by atoms with van der Waals surface area (Å²) in [4.78, 5) is 31.1. The maximum atomic E-state index is 11.1. The van der Waals surface area contributed by atoms with Crippen LogP contribution in [-0.2, 0) is 4.79 Å². The zero-order valence-electron chi connectivity index (χ0n) is 10.4. The highest BCUT2D eigenvalue weighted by Gasteiger charge is 2.33. The van der Waals surface area contributed by atoms with Crippen LogP contribution in [0.5, 0.6) is 0 Å². The Balaban J connectivity index is 2.40. The van der Waals surface area contributed by atoms with E-state index in [0.29, 0.717) is 19.5 Å². The van der Waals surface area contributed by atoms with Crippen LogP contribution in [0.1, 0.15) is 12.1 Å². The van der Waals surface area contributed by atoms with Crippen molar-refractivity contribution < 1.29 is 9.72 Å². The van der Waals surface area contributed by atoms with E-state index < -0.39 is 10.8 Å². The molecule has 1 aliphatic heterocycles. The number of carbonyl (C=O) groups is 1. The van der Waals surface area contributed by atoms with Gasteiger partial charge in [0.2, 0.25) is 17.7 Å². The Kier molecular flexibility index (Phi) is 3.19. The van der Waals surface area contributed by atoms with Gasteiger partial charge in [-0.05, 0) is 13.3 Å². The smallest absolute Gasteiger partial charge is 0.332 e. The Labute approximate surface area is 108 Å². The number of anilines is 2. The van der Waals surface area contributed by atoms with Gasteiger partial charge in [-0.25, -0.2) is 4.98 Å².